The predicted molar refractivity (Wildman–Crippen MR) is 95.1 cm³/mol. The van der Waals surface area contributed by atoms with Crippen LogP contribution < -0.4 is 0 Å². The summed E-state index contributed by atoms with van der Waals surface area (Å²) < 4.78 is 26.9. The molecule has 5 nitrogen and oxygen atoms in total. The summed E-state index contributed by atoms with van der Waals surface area (Å²) in [5.74, 6) is 0.496. The minimum atomic E-state index is -3.46. The van der Waals surface area contributed by atoms with Crippen molar-refractivity contribution in [2.75, 3.05) is 26.7 Å². The lowest BCUT2D eigenvalue weighted by Gasteiger charge is -2.33. The van der Waals surface area contributed by atoms with Gasteiger partial charge in [0.05, 0.1) is 4.90 Å². The Morgan fingerprint density at radius 3 is 2.25 bits per heavy atom. The average Bonchev–Trinajstić information content (AvgIpc) is 2.54. The lowest BCUT2D eigenvalue weighted by atomic mass is 9.96. The van der Waals surface area contributed by atoms with Crippen LogP contribution in [0.4, 0.5) is 0 Å². The first-order valence-corrected chi connectivity index (χ1v) is 9.97. The fourth-order valence-electron chi connectivity index (χ4n) is 3.15. The summed E-state index contributed by atoms with van der Waals surface area (Å²) in [5, 5.41) is 0. The van der Waals surface area contributed by atoms with Crippen LogP contribution in [0.2, 0.25) is 0 Å². The molecule has 0 aliphatic carbocycles. The minimum absolute atomic E-state index is 0.0711. The number of nitrogens with zero attached hydrogens (tertiary/aromatic N) is 2. The number of rotatable bonds is 5. The van der Waals surface area contributed by atoms with Gasteiger partial charge in [-0.3, -0.25) is 4.79 Å². The fraction of sp³-hybridized carbons (Fsp3) is 0.611. The third-order valence-electron chi connectivity index (χ3n) is 4.48. The van der Waals surface area contributed by atoms with E-state index in [0.29, 0.717) is 36.7 Å². The Morgan fingerprint density at radius 2 is 1.75 bits per heavy atom. The first kappa shape index (κ1) is 18.9. The molecular weight excluding hydrogens is 324 g/mol. The van der Waals surface area contributed by atoms with Gasteiger partial charge in [-0.15, -0.1) is 0 Å². The molecule has 1 amide bonds. The summed E-state index contributed by atoms with van der Waals surface area (Å²) in [5.41, 5.74) is 1.03. The molecule has 0 saturated carbocycles. The zero-order chi connectivity index (χ0) is 17.9. The molecule has 1 heterocycles. The van der Waals surface area contributed by atoms with Gasteiger partial charge in [0.25, 0.3) is 0 Å². The molecule has 0 N–H and O–H groups in total. The van der Waals surface area contributed by atoms with Crippen LogP contribution in [-0.2, 0) is 14.8 Å². The minimum Gasteiger partial charge on any atom is -0.345 e. The second-order valence-electron chi connectivity index (χ2n) is 7.10. The van der Waals surface area contributed by atoms with Crippen LogP contribution in [0.15, 0.2) is 29.2 Å². The largest absolute Gasteiger partial charge is 0.345 e. The van der Waals surface area contributed by atoms with E-state index < -0.39 is 10.0 Å². The summed E-state index contributed by atoms with van der Waals surface area (Å²) >= 11 is 0. The Morgan fingerprint density at radius 1 is 1.21 bits per heavy atom. The number of aryl methyl sites for hydroxylation is 1. The highest BCUT2D eigenvalue weighted by molar-refractivity contribution is 7.89. The van der Waals surface area contributed by atoms with Crippen LogP contribution in [0, 0.1) is 18.8 Å². The Hall–Kier alpha value is -1.40. The number of carbonyl (C=O) groups is 1. The Balaban J connectivity index is 1.99. The number of sulfonamides is 1. The monoisotopic (exact) mass is 352 g/mol. The van der Waals surface area contributed by atoms with E-state index in [1.54, 1.807) is 17.0 Å². The summed E-state index contributed by atoms with van der Waals surface area (Å²) in [7, 11) is -1.63. The van der Waals surface area contributed by atoms with Crippen molar-refractivity contribution in [1.82, 2.24) is 9.21 Å². The van der Waals surface area contributed by atoms with Gasteiger partial charge in [-0.2, -0.15) is 4.31 Å². The van der Waals surface area contributed by atoms with Gasteiger partial charge in [0.15, 0.2) is 0 Å². The number of amides is 1. The topological polar surface area (TPSA) is 57.7 Å². The molecule has 1 aliphatic rings. The second-order valence-corrected chi connectivity index (χ2v) is 9.04. The molecule has 0 radical (unpaired) electrons. The average molecular weight is 353 g/mol. The number of piperidine rings is 1. The van der Waals surface area contributed by atoms with Crippen LogP contribution in [0.3, 0.4) is 0 Å². The van der Waals surface area contributed by atoms with Crippen LogP contribution in [-0.4, -0.2) is 50.2 Å². The third kappa shape index (κ3) is 4.36. The van der Waals surface area contributed by atoms with Gasteiger partial charge in [-0.1, -0.05) is 31.5 Å². The van der Waals surface area contributed by atoms with Crippen molar-refractivity contribution in [2.24, 2.45) is 11.8 Å². The van der Waals surface area contributed by atoms with Gasteiger partial charge in [-0.25, -0.2) is 8.42 Å². The van der Waals surface area contributed by atoms with Gasteiger partial charge in [0.1, 0.15) is 0 Å². The molecule has 0 spiro atoms. The van der Waals surface area contributed by atoms with Gasteiger partial charge >= 0.3 is 0 Å². The standard InChI is InChI=1S/C18H28N2O3S/c1-14(2)13-19(4)18(21)16-9-11-20(12-10-16)24(22,23)17-7-5-15(3)6-8-17/h5-8,14,16H,9-13H2,1-4H3. The second kappa shape index (κ2) is 7.66. The molecule has 1 aromatic rings. The predicted octanol–water partition coefficient (Wildman–Crippen LogP) is 2.51. The summed E-state index contributed by atoms with van der Waals surface area (Å²) in [6, 6.07) is 6.92. The SMILES string of the molecule is Cc1ccc(S(=O)(=O)N2CCC(C(=O)N(C)CC(C)C)CC2)cc1. The molecule has 0 unspecified atom stereocenters. The third-order valence-corrected chi connectivity index (χ3v) is 6.39. The molecule has 1 fully saturated rings. The molecule has 1 aliphatic heterocycles. The molecule has 2 rings (SSSR count). The summed E-state index contributed by atoms with van der Waals surface area (Å²) in [4.78, 5) is 14.6. The molecule has 134 valence electrons. The molecular formula is C18H28N2O3S. The van der Waals surface area contributed by atoms with Gasteiger partial charge in [-0.05, 0) is 37.8 Å². The van der Waals surface area contributed by atoms with Crippen molar-refractivity contribution in [3.8, 4) is 0 Å². The van der Waals surface area contributed by atoms with Crippen molar-refractivity contribution in [3.63, 3.8) is 0 Å². The normalized spacial score (nSPS) is 17.2. The highest BCUT2D eigenvalue weighted by Gasteiger charge is 2.33. The lowest BCUT2D eigenvalue weighted by molar-refractivity contribution is -0.135. The van der Waals surface area contributed by atoms with E-state index in [0.717, 1.165) is 12.1 Å². The summed E-state index contributed by atoms with van der Waals surface area (Å²) in [6.45, 7) is 7.65. The van der Waals surface area contributed by atoms with Crippen molar-refractivity contribution < 1.29 is 13.2 Å². The maximum absolute atomic E-state index is 12.7. The summed E-state index contributed by atoms with van der Waals surface area (Å²) in [6.07, 6.45) is 1.18. The van der Waals surface area contributed by atoms with E-state index in [1.807, 2.05) is 26.1 Å². The number of hydrogen-bond donors (Lipinski definition) is 0. The van der Waals surface area contributed by atoms with Crippen molar-refractivity contribution in [2.45, 2.75) is 38.5 Å². The maximum atomic E-state index is 12.7. The van der Waals surface area contributed by atoms with E-state index >= 15 is 0 Å². The Kier molecular flexibility index (Phi) is 6.04. The molecule has 24 heavy (non-hydrogen) atoms. The molecule has 0 bridgehead atoms. The molecule has 0 atom stereocenters. The van der Waals surface area contributed by atoms with Crippen molar-refractivity contribution >= 4 is 15.9 Å². The first-order valence-electron chi connectivity index (χ1n) is 8.53. The van der Waals surface area contributed by atoms with Crippen LogP contribution in [0.25, 0.3) is 0 Å². The zero-order valence-corrected chi connectivity index (χ0v) is 15.8. The molecule has 6 heteroatoms. The number of carbonyl (C=O) groups excluding carboxylic acids is 1. The molecule has 1 aromatic carbocycles. The van der Waals surface area contributed by atoms with Crippen molar-refractivity contribution in [1.29, 1.82) is 0 Å². The molecule has 1 saturated heterocycles. The Labute approximate surface area is 145 Å². The lowest BCUT2D eigenvalue weighted by Crippen LogP contribution is -2.44. The highest BCUT2D eigenvalue weighted by Crippen LogP contribution is 2.25. The molecule has 0 aromatic heterocycles. The van der Waals surface area contributed by atoms with E-state index in [-0.39, 0.29) is 11.8 Å². The van der Waals surface area contributed by atoms with Crippen LogP contribution in [0.1, 0.15) is 32.3 Å². The van der Waals surface area contributed by atoms with E-state index in [1.165, 1.54) is 4.31 Å². The zero-order valence-electron chi connectivity index (χ0n) is 15.0. The smallest absolute Gasteiger partial charge is 0.243 e. The van der Waals surface area contributed by atoms with Crippen LogP contribution >= 0.6 is 0 Å². The fourth-order valence-corrected chi connectivity index (χ4v) is 4.62. The first-order chi connectivity index (χ1) is 11.2. The van der Waals surface area contributed by atoms with Gasteiger partial charge in [0.2, 0.25) is 15.9 Å². The van der Waals surface area contributed by atoms with E-state index in [4.69, 9.17) is 0 Å². The quantitative estimate of drug-likeness (QED) is 0.818. The van der Waals surface area contributed by atoms with E-state index in [2.05, 4.69) is 13.8 Å². The highest BCUT2D eigenvalue weighted by atomic mass is 32.2. The Bertz CT molecular complexity index is 660. The number of benzene rings is 1. The van der Waals surface area contributed by atoms with E-state index in [9.17, 15) is 13.2 Å². The number of hydrogen-bond acceptors (Lipinski definition) is 3. The van der Waals surface area contributed by atoms with Gasteiger partial charge < -0.3 is 4.90 Å². The van der Waals surface area contributed by atoms with Crippen LogP contribution in [0.5, 0.6) is 0 Å². The maximum Gasteiger partial charge on any atom is 0.243 e. The van der Waals surface area contributed by atoms with Gasteiger partial charge in [0, 0.05) is 32.6 Å². The van der Waals surface area contributed by atoms with Crippen molar-refractivity contribution in [3.05, 3.63) is 29.8 Å².